The number of aliphatic hydroxyl groups excluding tert-OH is 1. The van der Waals surface area contributed by atoms with Gasteiger partial charge in [0.05, 0.1) is 23.4 Å². The fourth-order valence-corrected chi connectivity index (χ4v) is 2.79. The molecule has 0 bridgehead atoms. The van der Waals surface area contributed by atoms with Crippen LogP contribution < -0.4 is 0 Å². The molecule has 1 aromatic carbocycles. The molecule has 0 saturated carbocycles. The Morgan fingerprint density at radius 2 is 2.27 bits per heavy atom. The average Bonchev–Trinajstić information content (AvgIpc) is 2.93. The first-order valence-corrected chi connectivity index (χ1v) is 7.84. The van der Waals surface area contributed by atoms with Gasteiger partial charge in [0.25, 0.3) is 5.91 Å². The van der Waals surface area contributed by atoms with Crippen LogP contribution in [0.4, 0.5) is 0 Å². The highest BCUT2D eigenvalue weighted by atomic mass is 32.1. The van der Waals surface area contributed by atoms with Gasteiger partial charge in [0.1, 0.15) is 0 Å². The Bertz CT molecular complexity index is 642. The molecule has 0 aliphatic rings. The summed E-state index contributed by atoms with van der Waals surface area (Å²) in [6.45, 7) is 2.39. The lowest BCUT2D eigenvalue weighted by molar-refractivity contribution is 0.0380. The number of carbonyl (C=O) groups excluding carboxylic acids is 1. The molecule has 1 N–H and O–H groups in total. The van der Waals surface area contributed by atoms with Crippen molar-refractivity contribution in [3.8, 4) is 11.3 Å². The van der Waals surface area contributed by atoms with Gasteiger partial charge in [-0.3, -0.25) is 4.79 Å². The molecule has 1 atom stereocenters. The Hall–Kier alpha value is -1.76. The molecular weight excluding hydrogens is 300 g/mol. The number of amides is 1. The fourth-order valence-electron chi connectivity index (χ4n) is 2.17. The summed E-state index contributed by atoms with van der Waals surface area (Å²) in [6, 6.07) is 7.38. The van der Waals surface area contributed by atoms with Crippen molar-refractivity contribution >= 4 is 17.2 Å². The highest BCUT2D eigenvalue weighted by Gasteiger charge is 2.16. The third kappa shape index (κ3) is 4.13. The largest absolute Gasteiger partial charge is 0.389 e. The minimum Gasteiger partial charge on any atom is -0.389 e. The van der Waals surface area contributed by atoms with Crippen LogP contribution in [0.2, 0.25) is 0 Å². The van der Waals surface area contributed by atoms with Crippen molar-refractivity contribution in [2.45, 2.75) is 13.0 Å². The molecule has 22 heavy (non-hydrogen) atoms. The Labute approximate surface area is 134 Å². The molecule has 2 rings (SSSR count). The number of hydrogen-bond acceptors (Lipinski definition) is 5. The van der Waals surface area contributed by atoms with E-state index < -0.39 is 6.10 Å². The molecule has 6 heteroatoms. The first-order valence-electron chi connectivity index (χ1n) is 6.96. The molecule has 0 spiro atoms. The van der Waals surface area contributed by atoms with Gasteiger partial charge in [-0.15, -0.1) is 11.3 Å². The normalized spacial score (nSPS) is 12.2. The minimum atomic E-state index is -0.691. The van der Waals surface area contributed by atoms with E-state index in [-0.39, 0.29) is 19.1 Å². The molecule has 5 nitrogen and oxygen atoms in total. The Kier molecular flexibility index (Phi) is 5.65. The molecule has 1 amide bonds. The summed E-state index contributed by atoms with van der Waals surface area (Å²) >= 11 is 1.58. The summed E-state index contributed by atoms with van der Waals surface area (Å²) < 4.78 is 4.87. The summed E-state index contributed by atoms with van der Waals surface area (Å²) in [7, 11) is 3.19. The first kappa shape index (κ1) is 16.6. The third-order valence-electron chi connectivity index (χ3n) is 3.21. The number of aliphatic hydroxyl groups is 1. The lowest BCUT2D eigenvalue weighted by atomic mass is 10.1. The second kappa shape index (κ2) is 7.49. The second-order valence-electron chi connectivity index (χ2n) is 5.13. The number of hydrogen-bond donors (Lipinski definition) is 1. The summed E-state index contributed by atoms with van der Waals surface area (Å²) in [5, 5.41) is 12.7. The Morgan fingerprint density at radius 1 is 1.50 bits per heavy atom. The van der Waals surface area contributed by atoms with Crippen molar-refractivity contribution in [3.63, 3.8) is 0 Å². The van der Waals surface area contributed by atoms with Crippen LogP contribution in [0.3, 0.4) is 0 Å². The molecule has 0 saturated heterocycles. The number of ether oxygens (including phenoxy) is 1. The number of rotatable bonds is 6. The first-order chi connectivity index (χ1) is 10.5. The number of benzene rings is 1. The van der Waals surface area contributed by atoms with E-state index in [2.05, 4.69) is 4.98 Å². The summed E-state index contributed by atoms with van der Waals surface area (Å²) in [5.74, 6) is -0.135. The number of thiazole rings is 1. The van der Waals surface area contributed by atoms with Gasteiger partial charge in [0, 0.05) is 37.2 Å². The van der Waals surface area contributed by atoms with E-state index in [4.69, 9.17) is 4.74 Å². The zero-order valence-electron chi connectivity index (χ0n) is 12.9. The average molecular weight is 320 g/mol. The van der Waals surface area contributed by atoms with Crippen molar-refractivity contribution in [2.24, 2.45) is 0 Å². The second-order valence-corrected chi connectivity index (χ2v) is 6.19. The number of methoxy groups -OCH3 is 1. The van der Waals surface area contributed by atoms with E-state index in [1.165, 1.54) is 12.0 Å². The molecule has 0 radical (unpaired) electrons. The van der Waals surface area contributed by atoms with E-state index in [1.807, 2.05) is 30.5 Å². The van der Waals surface area contributed by atoms with E-state index in [1.54, 1.807) is 24.5 Å². The summed E-state index contributed by atoms with van der Waals surface area (Å²) in [4.78, 5) is 18.4. The molecule has 1 aromatic heterocycles. The molecule has 0 fully saturated rings. The molecule has 1 heterocycles. The van der Waals surface area contributed by atoms with Crippen molar-refractivity contribution in [1.82, 2.24) is 9.88 Å². The number of nitrogens with zero attached hydrogens (tertiary/aromatic N) is 2. The van der Waals surface area contributed by atoms with Crippen LogP contribution >= 0.6 is 11.3 Å². The predicted molar refractivity (Wildman–Crippen MR) is 87.1 cm³/mol. The van der Waals surface area contributed by atoms with Crippen LogP contribution in [0.25, 0.3) is 11.3 Å². The fraction of sp³-hybridized carbons (Fsp3) is 0.375. The van der Waals surface area contributed by atoms with Crippen LogP contribution in [-0.2, 0) is 4.74 Å². The van der Waals surface area contributed by atoms with Crippen LogP contribution in [0, 0.1) is 6.92 Å². The van der Waals surface area contributed by atoms with Gasteiger partial charge in [0.2, 0.25) is 0 Å². The van der Waals surface area contributed by atoms with Crippen molar-refractivity contribution in [1.29, 1.82) is 0 Å². The summed E-state index contributed by atoms with van der Waals surface area (Å²) in [6.07, 6.45) is -0.691. The predicted octanol–water partition coefficient (Wildman–Crippen LogP) is 2.20. The minimum absolute atomic E-state index is 0.135. The maximum Gasteiger partial charge on any atom is 0.253 e. The zero-order chi connectivity index (χ0) is 16.1. The Balaban J connectivity index is 2.13. The van der Waals surface area contributed by atoms with Gasteiger partial charge < -0.3 is 14.7 Å². The van der Waals surface area contributed by atoms with Crippen LogP contribution in [0.5, 0.6) is 0 Å². The SMILES string of the molecule is COCC(O)CN(C)C(=O)c1cccc(-c2csc(C)n2)c1. The van der Waals surface area contributed by atoms with E-state index in [9.17, 15) is 9.90 Å². The van der Waals surface area contributed by atoms with Crippen LogP contribution in [0.1, 0.15) is 15.4 Å². The van der Waals surface area contributed by atoms with Gasteiger partial charge in [-0.1, -0.05) is 12.1 Å². The molecular formula is C16H20N2O3S. The molecule has 0 aliphatic heterocycles. The number of aryl methyl sites for hydroxylation is 1. The topological polar surface area (TPSA) is 62.7 Å². The standard InChI is InChI=1S/C16H20N2O3S/c1-11-17-15(10-22-11)12-5-4-6-13(7-12)16(20)18(2)8-14(19)9-21-3/h4-7,10,14,19H,8-9H2,1-3H3. The van der Waals surface area contributed by atoms with Gasteiger partial charge in [-0.25, -0.2) is 4.98 Å². The van der Waals surface area contributed by atoms with E-state index in [0.29, 0.717) is 5.56 Å². The van der Waals surface area contributed by atoms with Gasteiger partial charge >= 0.3 is 0 Å². The molecule has 118 valence electrons. The van der Waals surface area contributed by atoms with Crippen molar-refractivity contribution in [3.05, 3.63) is 40.2 Å². The molecule has 1 unspecified atom stereocenters. The maximum absolute atomic E-state index is 12.4. The zero-order valence-corrected chi connectivity index (χ0v) is 13.8. The highest BCUT2D eigenvalue weighted by molar-refractivity contribution is 7.09. The van der Waals surface area contributed by atoms with Crippen molar-refractivity contribution in [2.75, 3.05) is 27.3 Å². The maximum atomic E-state index is 12.4. The van der Waals surface area contributed by atoms with E-state index >= 15 is 0 Å². The lowest BCUT2D eigenvalue weighted by Crippen LogP contribution is -2.36. The van der Waals surface area contributed by atoms with Crippen LogP contribution in [0.15, 0.2) is 29.6 Å². The quantitative estimate of drug-likeness (QED) is 0.886. The summed E-state index contributed by atoms with van der Waals surface area (Å²) in [5.41, 5.74) is 2.37. The van der Waals surface area contributed by atoms with Gasteiger partial charge in [0.15, 0.2) is 0 Å². The monoisotopic (exact) mass is 320 g/mol. The molecule has 0 aliphatic carbocycles. The van der Waals surface area contributed by atoms with Crippen molar-refractivity contribution < 1.29 is 14.6 Å². The van der Waals surface area contributed by atoms with Gasteiger partial charge in [-0.2, -0.15) is 0 Å². The molecule has 2 aromatic rings. The smallest absolute Gasteiger partial charge is 0.253 e. The third-order valence-corrected chi connectivity index (χ3v) is 3.99. The number of aromatic nitrogens is 1. The van der Waals surface area contributed by atoms with Crippen LogP contribution in [-0.4, -0.2) is 54.3 Å². The van der Waals surface area contributed by atoms with Gasteiger partial charge in [-0.05, 0) is 19.1 Å². The van der Waals surface area contributed by atoms with E-state index in [0.717, 1.165) is 16.3 Å². The lowest BCUT2D eigenvalue weighted by Gasteiger charge is -2.20. The number of carbonyl (C=O) groups is 1. The number of likely N-dealkylation sites (N-methyl/N-ethyl adjacent to an activating group) is 1. The Morgan fingerprint density at radius 3 is 2.91 bits per heavy atom. The highest BCUT2D eigenvalue weighted by Crippen LogP contribution is 2.22.